The lowest BCUT2D eigenvalue weighted by Crippen LogP contribution is -2.50. The van der Waals surface area contributed by atoms with E-state index in [1.165, 1.54) is 0 Å². The van der Waals surface area contributed by atoms with Gasteiger partial charge in [0.25, 0.3) is 5.91 Å². The molecule has 2 fully saturated rings. The number of sulfone groups is 1. The second-order valence-electron chi connectivity index (χ2n) is 20.1. The number of ether oxygens (including phenoxy) is 6. The van der Waals surface area contributed by atoms with Crippen LogP contribution in [0.1, 0.15) is 66.2 Å². The molecule has 1 aliphatic carbocycles. The Bertz CT molecular complexity index is 2610. The predicted octanol–water partition coefficient (Wildman–Crippen LogP) is 5.27. The number of piperidine rings is 1. The van der Waals surface area contributed by atoms with Gasteiger partial charge in [-0.1, -0.05) is 47.5 Å². The van der Waals surface area contributed by atoms with Crippen LogP contribution < -0.4 is 10.0 Å². The molecule has 18 nitrogen and oxygen atoms in total. The van der Waals surface area contributed by atoms with Crippen molar-refractivity contribution >= 4 is 78.0 Å². The van der Waals surface area contributed by atoms with Crippen molar-refractivity contribution in [1.82, 2.24) is 19.8 Å². The van der Waals surface area contributed by atoms with Gasteiger partial charge in [0.1, 0.15) is 6.10 Å². The molecule has 0 spiro atoms. The minimum Gasteiger partial charge on any atom is -0.382 e. The Kier molecular flexibility index (Phi) is 26.8. The number of carbonyl (C=O) groups excluding carboxylic acids is 2. The molecule has 24 heteroatoms. The van der Waals surface area contributed by atoms with E-state index in [4.69, 9.17) is 74.8 Å². The summed E-state index contributed by atoms with van der Waals surface area (Å²) >= 11 is 26.2. The molecule has 3 aromatic rings. The minimum atomic E-state index is -3.82. The van der Waals surface area contributed by atoms with Crippen molar-refractivity contribution in [3.63, 3.8) is 0 Å². The largest absolute Gasteiger partial charge is 0.382 e. The second-order valence-corrected chi connectivity index (χ2v) is 26.0. The molecular weight excluding hydrogens is 1130 g/mol. The molecule has 0 aromatic heterocycles. The first-order chi connectivity index (χ1) is 37.3. The zero-order valence-electron chi connectivity index (χ0n) is 44.4. The Morgan fingerprint density at radius 3 is 1.94 bits per heavy atom. The first-order valence-corrected chi connectivity index (χ1v) is 31.3. The molecular formula is C54H76Cl4N4O14S2. The highest BCUT2D eigenvalue weighted by molar-refractivity contribution is 7.91. The number of benzene rings is 3. The monoisotopic (exact) mass is 1210 g/mol. The highest BCUT2D eigenvalue weighted by atomic mass is 35.5. The number of aliphatic hydroxyl groups is 2. The third-order valence-electron chi connectivity index (χ3n) is 14.2. The summed E-state index contributed by atoms with van der Waals surface area (Å²) in [4.78, 5) is 29.6. The standard InChI is InChI=1S/C54H76Cl4N4O14S2/c1-61-33-45(43-29-39(55)31-49(57)47(43)35-61)37-7-3-9-41(27-37)77(67,68)26-6-15-72-19-23-75-22-18-71-14-5-11-51(63)52(64)53(65)54(66)59-12-16-73-20-24-76-25-21-74-17-13-60-78(69,70)42-10-4-8-38(28-42)46-34-62(2)36-48-44(46)30-40(56)32-50(48)58/h3-4,7-10,27-28,30,32,39,43,45-47,49,52-53,60,64-65H,5-6,11-26,29,31,33-36H2,1-2H3,(H,59,66)/t39?,43?,45?,46?,47?,49?,52-,53+/m1/s1. The van der Waals surface area contributed by atoms with E-state index >= 15 is 0 Å². The van der Waals surface area contributed by atoms with Crippen molar-refractivity contribution < 1.29 is 65.1 Å². The average Bonchev–Trinajstić information content (AvgIpc) is 3.50. The van der Waals surface area contributed by atoms with Crippen molar-refractivity contribution in [3.8, 4) is 0 Å². The number of likely N-dealkylation sites (tertiary alicyclic amines) is 1. The maximum Gasteiger partial charge on any atom is 0.252 e. The molecule has 1 amide bonds. The van der Waals surface area contributed by atoms with Crippen LogP contribution in [0.5, 0.6) is 0 Å². The number of aliphatic hydroxyl groups excluding tert-OH is 2. The minimum absolute atomic E-state index is 0.00472. The number of fused-ring (bicyclic) bond motifs is 2. The van der Waals surface area contributed by atoms with Crippen LogP contribution >= 0.6 is 46.4 Å². The maximum absolute atomic E-state index is 13.3. The van der Waals surface area contributed by atoms with Gasteiger partial charge in [0.05, 0.1) is 81.6 Å². The number of carbonyl (C=O) groups is 2. The smallest absolute Gasteiger partial charge is 0.252 e. The van der Waals surface area contributed by atoms with E-state index in [1.54, 1.807) is 30.3 Å². The number of amides is 1. The fourth-order valence-corrected chi connectivity index (χ4v) is 14.2. The number of hydrogen-bond acceptors (Lipinski definition) is 16. The number of nitrogens with one attached hydrogen (secondary N) is 2. The van der Waals surface area contributed by atoms with Gasteiger partial charge in [-0.25, -0.2) is 21.6 Å². The van der Waals surface area contributed by atoms with E-state index in [2.05, 4.69) is 26.9 Å². The molecule has 0 bridgehead atoms. The van der Waals surface area contributed by atoms with Gasteiger partial charge in [-0.15, -0.1) is 23.2 Å². The molecule has 4 N–H and O–H groups in total. The molecule has 6 unspecified atom stereocenters. The van der Waals surface area contributed by atoms with Crippen molar-refractivity contribution in [1.29, 1.82) is 0 Å². The molecule has 8 atom stereocenters. The SMILES string of the molecule is CN1Cc2c(Cl)cc(Cl)cc2C(c2cccc(S(=O)(=O)NCCOCCOCCOCCNC(=O)[C@@H](O)[C@H](O)C(=O)CCCOCCOCCOCCCS(=O)(=O)c3cccc(C4CN(C)CC5C(Cl)CC(Cl)CC45)c3)c2)C1. The van der Waals surface area contributed by atoms with Gasteiger partial charge in [-0.3, -0.25) is 9.59 Å². The first-order valence-electron chi connectivity index (χ1n) is 26.5. The second kappa shape index (κ2) is 32.3. The van der Waals surface area contributed by atoms with E-state index in [0.29, 0.717) is 46.3 Å². The third-order valence-corrected chi connectivity index (χ3v) is 18.8. The van der Waals surface area contributed by atoms with Gasteiger partial charge < -0.3 is 53.8 Å². The van der Waals surface area contributed by atoms with Gasteiger partial charge in [0.15, 0.2) is 21.7 Å². The Morgan fingerprint density at radius 2 is 1.26 bits per heavy atom. The molecule has 2 heterocycles. The Labute approximate surface area is 479 Å². The van der Waals surface area contributed by atoms with Crippen molar-refractivity contribution in [2.75, 3.05) is 132 Å². The number of hydrogen-bond donors (Lipinski definition) is 4. The quantitative estimate of drug-likeness (QED) is 0.0441. The fourth-order valence-electron chi connectivity index (χ4n) is 10.2. The molecule has 78 heavy (non-hydrogen) atoms. The van der Waals surface area contributed by atoms with Crippen LogP contribution in [-0.2, 0) is 64.4 Å². The van der Waals surface area contributed by atoms with E-state index in [1.807, 2.05) is 37.4 Å². The molecule has 3 aromatic carbocycles. The summed E-state index contributed by atoms with van der Waals surface area (Å²) in [6, 6.07) is 17.8. The lowest BCUT2D eigenvalue weighted by molar-refractivity contribution is -0.145. The number of rotatable bonds is 34. The molecule has 6 rings (SSSR count). The number of halogens is 4. The van der Waals surface area contributed by atoms with E-state index in [0.717, 1.165) is 48.2 Å². The summed E-state index contributed by atoms with van der Waals surface area (Å²) in [7, 11) is -3.26. The molecule has 0 radical (unpaired) electrons. The van der Waals surface area contributed by atoms with Gasteiger partial charge >= 0.3 is 0 Å². The van der Waals surface area contributed by atoms with Gasteiger partial charge in [-0.2, -0.15) is 0 Å². The van der Waals surface area contributed by atoms with Crippen LogP contribution in [0.15, 0.2) is 70.5 Å². The van der Waals surface area contributed by atoms with Crippen molar-refractivity contribution in [2.45, 2.75) is 83.2 Å². The lowest BCUT2D eigenvalue weighted by Gasteiger charge is -2.48. The Morgan fingerprint density at radius 1 is 0.667 bits per heavy atom. The number of ketones is 1. The van der Waals surface area contributed by atoms with Gasteiger partial charge in [0.2, 0.25) is 10.0 Å². The zero-order valence-corrected chi connectivity index (χ0v) is 49.0. The molecule has 1 saturated heterocycles. The van der Waals surface area contributed by atoms with E-state index in [9.17, 15) is 36.6 Å². The normalized spacial score (nSPS) is 21.9. The summed E-state index contributed by atoms with van der Waals surface area (Å²) in [5.41, 5.74) is 3.80. The van der Waals surface area contributed by atoms with Crippen LogP contribution in [0, 0.1) is 11.8 Å². The van der Waals surface area contributed by atoms with E-state index < -0.39 is 43.8 Å². The topological polar surface area (TPSA) is 229 Å². The van der Waals surface area contributed by atoms with E-state index in [-0.39, 0.29) is 138 Å². The number of nitrogens with zero attached hydrogens (tertiary/aromatic N) is 2. The number of likely N-dealkylation sites (N-methyl/N-ethyl adjacent to an activating group) is 2. The molecule has 2 aliphatic heterocycles. The molecule has 3 aliphatic rings. The number of Topliss-reactive ketones (excluding diaryl/α,β-unsaturated/α-hetero) is 1. The summed E-state index contributed by atoms with van der Waals surface area (Å²) in [5, 5.41) is 24.0. The van der Waals surface area contributed by atoms with Crippen LogP contribution in [0.25, 0.3) is 0 Å². The number of alkyl halides is 2. The third kappa shape index (κ3) is 19.8. The first kappa shape index (κ1) is 64.6. The maximum atomic E-state index is 13.3. The highest BCUT2D eigenvalue weighted by Crippen LogP contribution is 2.47. The summed E-state index contributed by atoms with van der Waals surface area (Å²) in [6.45, 7) is 5.78. The van der Waals surface area contributed by atoms with Crippen LogP contribution in [0.2, 0.25) is 10.0 Å². The summed E-state index contributed by atoms with van der Waals surface area (Å²) in [6.07, 6.45) is -1.72. The molecule has 1 saturated carbocycles. The molecule has 436 valence electrons. The van der Waals surface area contributed by atoms with Gasteiger partial charge in [0, 0.05) is 85.6 Å². The highest BCUT2D eigenvalue weighted by Gasteiger charge is 2.44. The van der Waals surface area contributed by atoms with Crippen molar-refractivity contribution in [3.05, 3.63) is 93.0 Å². The average molecular weight is 1210 g/mol. The fraction of sp³-hybridized carbons (Fsp3) is 0.630. The Hall–Kier alpha value is -2.58. The van der Waals surface area contributed by atoms with Gasteiger partial charge in [-0.05, 0) is 116 Å². The van der Waals surface area contributed by atoms with Crippen molar-refractivity contribution in [2.24, 2.45) is 11.8 Å². The van der Waals surface area contributed by atoms with Crippen LogP contribution in [-0.4, -0.2) is 203 Å². The summed E-state index contributed by atoms with van der Waals surface area (Å²) < 4.78 is 88.4. The zero-order chi connectivity index (χ0) is 56.2. The number of sulfonamides is 1. The lowest BCUT2D eigenvalue weighted by atomic mass is 9.67. The van der Waals surface area contributed by atoms with Crippen LogP contribution in [0.3, 0.4) is 0 Å². The predicted molar refractivity (Wildman–Crippen MR) is 299 cm³/mol. The van der Waals surface area contributed by atoms with Crippen LogP contribution in [0.4, 0.5) is 0 Å². The Balaban J connectivity index is 0.713. The summed E-state index contributed by atoms with van der Waals surface area (Å²) in [5.74, 6) is -0.999.